The standard InChI is InChI=1S/C32H46N4O/c1-22-17-23(2)26(24(3)18-22)20-28(33)31(37)35-30-9-14-34-29-8-7-25(19-27(29)30)21-36-15-12-32(13-16-36)10-5-4-6-11-32/h7-8,17-19,28,30,34H,4-6,9-16,20-21,33H2,1-3H3,(H,35,37). The number of nitrogens with one attached hydrogen (secondary N) is 2. The molecule has 0 aromatic heterocycles. The minimum atomic E-state index is -0.554. The molecule has 5 nitrogen and oxygen atoms in total. The molecule has 3 aliphatic rings. The van der Waals surface area contributed by atoms with E-state index in [4.69, 9.17) is 5.73 Å². The second kappa shape index (κ2) is 11.2. The van der Waals surface area contributed by atoms with Gasteiger partial charge >= 0.3 is 0 Å². The lowest BCUT2D eigenvalue weighted by Gasteiger charge is -2.44. The monoisotopic (exact) mass is 502 g/mol. The third-order valence-electron chi connectivity index (χ3n) is 9.39. The third kappa shape index (κ3) is 6.04. The highest BCUT2D eigenvalue weighted by atomic mass is 16.2. The molecule has 1 saturated carbocycles. The highest BCUT2D eigenvalue weighted by molar-refractivity contribution is 5.82. The van der Waals surface area contributed by atoms with Crippen molar-refractivity contribution in [2.45, 2.75) is 97.2 Å². The SMILES string of the molecule is Cc1cc(C)c(CC(N)C(=O)NC2CCNc3ccc(CN4CCC5(CCCCC5)CC4)cc32)c(C)c1. The number of benzene rings is 2. The van der Waals surface area contributed by atoms with Crippen LogP contribution >= 0.6 is 0 Å². The van der Waals surface area contributed by atoms with Gasteiger partial charge in [0.1, 0.15) is 0 Å². The van der Waals surface area contributed by atoms with Crippen molar-refractivity contribution in [3.63, 3.8) is 0 Å². The first kappa shape index (κ1) is 26.2. The minimum absolute atomic E-state index is 0.00169. The quantitative estimate of drug-likeness (QED) is 0.474. The molecule has 1 saturated heterocycles. The van der Waals surface area contributed by atoms with E-state index < -0.39 is 6.04 Å². The number of amides is 1. The van der Waals surface area contributed by atoms with Crippen LogP contribution in [-0.2, 0) is 17.8 Å². The summed E-state index contributed by atoms with van der Waals surface area (Å²) in [6.07, 6.45) is 11.3. The summed E-state index contributed by atoms with van der Waals surface area (Å²) in [6, 6.07) is 10.6. The molecule has 1 amide bonds. The van der Waals surface area contributed by atoms with Crippen molar-refractivity contribution >= 4 is 11.6 Å². The summed E-state index contributed by atoms with van der Waals surface area (Å²) in [7, 11) is 0. The molecule has 2 heterocycles. The van der Waals surface area contributed by atoms with Crippen LogP contribution in [0.25, 0.3) is 0 Å². The average Bonchev–Trinajstić information content (AvgIpc) is 2.88. The predicted octanol–water partition coefficient (Wildman–Crippen LogP) is 5.70. The minimum Gasteiger partial charge on any atom is -0.385 e. The van der Waals surface area contributed by atoms with Crippen LogP contribution in [0.3, 0.4) is 0 Å². The molecule has 1 spiro atoms. The molecule has 1 aliphatic carbocycles. The number of nitrogens with two attached hydrogens (primary N) is 1. The van der Waals surface area contributed by atoms with Crippen molar-refractivity contribution in [1.29, 1.82) is 0 Å². The van der Waals surface area contributed by atoms with Gasteiger partial charge in [-0.05, 0) is 112 Å². The van der Waals surface area contributed by atoms with Gasteiger partial charge < -0.3 is 16.4 Å². The largest absolute Gasteiger partial charge is 0.385 e. The second-order valence-electron chi connectivity index (χ2n) is 12.2. The Morgan fingerprint density at radius 3 is 2.46 bits per heavy atom. The van der Waals surface area contributed by atoms with Gasteiger partial charge in [-0.1, -0.05) is 49.1 Å². The van der Waals surface area contributed by atoms with Gasteiger partial charge in [0.15, 0.2) is 0 Å². The fourth-order valence-electron chi connectivity index (χ4n) is 7.19. The molecule has 5 rings (SSSR count). The highest BCUT2D eigenvalue weighted by Gasteiger charge is 2.35. The highest BCUT2D eigenvalue weighted by Crippen LogP contribution is 2.44. The van der Waals surface area contributed by atoms with Crippen LogP contribution in [0.2, 0.25) is 0 Å². The van der Waals surface area contributed by atoms with Gasteiger partial charge in [0.05, 0.1) is 12.1 Å². The van der Waals surface area contributed by atoms with Gasteiger partial charge in [-0.25, -0.2) is 0 Å². The van der Waals surface area contributed by atoms with E-state index in [1.54, 1.807) is 0 Å². The van der Waals surface area contributed by atoms with Crippen LogP contribution in [0.5, 0.6) is 0 Å². The number of nitrogens with zero attached hydrogens (tertiary/aromatic N) is 1. The maximum Gasteiger partial charge on any atom is 0.237 e. The summed E-state index contributed by atoms with van der Waals surface area (Å²) in [5.41, 5.74) is 15.6. The maximum atomic E-state index is 13.2. The van der Waals surface area contributed by atoms with Gasteiger partial charge in [0.2, 0.25) is 5.91 Å². The molecule has 0 bridgehead atoms. The third-order valence-corrected chi connectivity index (χ3v) is 9.39. The van der Waals surface area contributed by atoms with Crippen molar-refractivity contribution in [2.75, 3.05) is 25.0 Å². The summed E-state index contributed by atoms with van der Waals surface area (Å²) in [5, 5.41) is 6.83. The molecule has 200 valence electrons. The first-order valence-corrected chi connectivity index (χ1v) is 14.5. The lowest BCUT2D eigenvalue weighted by atomic mass is 9.68. The topological polar surface area (TPSA) is 70.4 Å². The number of hydrogen-bond donors (Lipinski definition) is 3. The zero-order valence-electron chi connectivity index (χ0n) is 23.2. The maximum absolute atomic E-state index is 13.2. The summed E-state index contributed by atoms with van der Waals surface area (Å²) in [5.74, 6) is -0.0589. The number of likely N-dealkylation sites (tertiary alicyclic amines) is 1. The molecular formula is C32H46N4O. The zero-order chi connectivity index (χ0) is 26.0. The molecule has 37 heavy (non-hydrogen) atoms. The van der Waals surface area contributed by atoms with Crippen LogP contribution in [-0.4, -0.2) is 36.5 Å². The van der Waals surface area contributed by atoms with E-state index in [9.17, 15) is 4.79 Å². The summed E-state index contributed by atoms with van der Waals surface area (Å²) in [4.78, 5) is 15.8. The molecule has 2 unspecified atom stereocenters. The molecule has 2 aromatic rings. The van der Waals surface area contributed by atoms with Crippen LogP contribution in [0.4, 0.5) is 5.69 Å². The fourth-order valence-corrected chi connectivity index (χ4v) is 7.19. The van der Waals surface area contributed by atoms with E-state index in [1.807, 2.05) is 0 Å². The molecule has 4 N–H and O–H groups in total. The Bertz CT molecular complexity index is 1090. The zero-order valence-corrected chi connectivity index (χ0v) is 23.2. The normalized spacial score (nSPS) is 22.2. The van der Waals surface area contributed by atoms with Crippen molar-refractivity contribution in [1.82, 2.24) is 10.2 Å². The molecule has 0 radical (unpaired) electrons. The average molecular weight is 503 g/mol. The van der Waals surface area contributed by atoms with Gasteiger partial charge in [0, 0.05) is 18.8 Å². The van der Waals surface area contributed by atoms with Crippen molar-refractivity contribution < 1.29 is 4.79 Å². The van der Waals surface area contributed by atoms with Gasteiger partial charge in [-0.15, -0.1) is 0 Å². The van der Waals surface area contributed by atoms with E-state index in [-0.39, 0.29) is 11.9 Å². The van der Waals surface area contributed by atoms with Crippen molar-refractivity contribution in [2.24, 2.45) is 11.1 Å². The molecule has 2 aliphatic heterocycles. The van der Waals surface area contributed by atoms with Crippen LogP contribution < -0.4 is 16.4 Å². The first-order chi connectivity index (χ1) is 17.8. The lowest BCUT2D eigenvalue weighted by molar-refractivity contribution is -0.123. The van der Waals surface area contributed by atoms with Crippen molar-refractivity contribution in [3.05, 3.63) is 63.7 Å². The van der Waals surface area contributed by atoms with Crippen LogP contribution in [0, 0.1) is 26.2 Å². The smallest absolute Gasteiger partial charge is 0.237 e. The Morgan fingerprint density at radius 2 is 1.76 bits per heavy atom. The Balaban J connectivity index is 1.22. The number of carbonyl (C=O) groups is 1. The second-order valence-corrected chi connectivity index (χ2v) is 12.2. The van der Waals surface area contributed by atoms with Crippen molar-refractivity contribution in [3.8, 4) is 0 Å². The number of rotatable bonds is 6. The predicted molar refractivity (Wildman–Crippen MR) is 153 cm³/mol. The fraction of sp³-hybridized carbons (Fsp3) is 0.594. The Labute approximate surface area is 223 Å². The van der Waals surface area contributed by atoms with Gasteiger partial charge in [0.25, 0.3) is 0 Å². The lowest BCUT2D eigenvalue weighted by Crippen LogP contribution is -2.45. The summed E-state index contributed by atoms with van der Waals surface area (Å²) in [6.45, 7) is 10.6. The molecular weight excluding hydrogens is 456 g/mol. The summed E-state index contributed by atoms with van der Waals surface area (Å²) >= 11 is 0. The van der Waals surface area contributed by atoms with E-state index >= 15 is 0 Å². The molecule has 5 heteroatoms. The molecule has 2 aromatic carbocycles. The number of fused-ring (bicyclic) bond motifs is 1. The van der Waals surface area contributed by atoms with E-state index in [1.165, 1.54) is 91.4 Å². The number of carbonyl (C=O) groups excluding carboxylic acids is 1. The first-order valence-electron chi connectivity index (χ1n) is 14.5. The molecule has 2 fully saturated rings. The van der Waals surface area contributed by atoms with E-state index in [2.05, 4.69) is 66.6 Å². The Kier molecular flexibility index (Phi) is 7.92. The number of anilines is 1. The van der Waals surface area contributed by atoms with Crippen LogP contribution in [0.15, 0.2) is 30.3 Å². The number of piperidine rings is 1. The molecule has 2 atom stereocenters. The van der Waals surface area contributed by atoms with Gasteiger partial charge in [-0.3, -0.25) is 9.69 Å². The Hall–Kier alpha value is -2.37. The number of hydrogen-bond acceptors (Lipinski definition) is 4. The van der Waals surface area contributed by atoms with Crippen LogP contribution in [0.1, 0.15) is 90.8 Å². The summed E-state index contributed by atoms with van der Waals surface area (Å²) < 4.78 is 0. The van der Waals surface area contributed by atoms with E-state index in [0.29, 0.717) is 11.8 Å². The van der Waals surface area contributed by atoms with Gasteiger partial charge in [-0.2, -0.15) is 0 Å². The van der Waals surface area contributed by atoms with E-state index in [0.717, 1.165) is 25.2 Å². The Morgan fingerprint density at radius 1 is 1.05 bits per heavy atom. The number of aryl methyl sites for hydroxylation is 3.